The Kier molecular flexibility index (Phi) is 10.4. The summed E-state index contributed by atoms with van der Waals surface area (Å²) in [5.74, 6) is -0.611. The largest absolute Gasteiger partial charge is 0.354 e. The van der Waals surface area contributed by atoms with Crippen LogP contribution in [0.4, 0.5) is 5.69 Å². The van der Waals surface area contributed by atoms with E-state index in [2.05, 4.69) is 21.2 Å². The summed E-state index contributed by atoms with van der Waals surface area (Å²) in [6.45, 7) is 5.66. The second-order valence-corrected chi connectivity index (χ2v) is 12.5. The highest BCUT2D eigenvalue weighted by atomic mass is 79.9. The van der Waals surface area contributed by atoms with Gasteiger partial charge in [0, 0.05) is 22.6 Å². The quantitative estimate of drug-likeness (QED) is 0.307. The number of nitrogens with one attached hydrogen (secondary N) is 1. The SMILES string of the molecule is CC(C)CNC(=O)[C@H](C)N(Cc1ccc(Br)cc1)C(=O)CN(c1cccc(Cl)c1)S(=O)(=O)c1ccccc1. The van der Waals surface area contributed by atoms with E-state index in [4.69, 9.17) is 11.6 Å². The van der Waals surface area contributed by atoms with E-state index in [-0.39, 0.29) is 29.0 Å². The molecule has 3 aromatic rings. The maximum Gasteiger partial charge on any atom is 0.264 e. The first kappa shape index (κ1) is 29.7. The highest BCUT2D eigenvalue weighted by Crippen LogP contribution is 2.27. The van der Waals surface area contributed by atoms with Crippen molar-refractivity contribution in [3.8, 4) is 0 Å². The molecule has 0 spiro atoms. The Hall–Kier alpha value is -2.88. The molecular weight excluding hydrogens is 590 g/mol. The van der Waals surface area contributed by atoms with E-state index in [1.54, 1.807) is 43.3 Å². The summed E-state index contributed by atoms with van der Waals surface area (Å²) in [5, 5.41) is 3.20. The van der Waals surface area contributed by atoms with E-state index in [0.29, 0.717) is 11.6 Å². The minimum absolute atomic E-state index is 0.0370. The van der Waals surface area contributed by atoms with Crippen LogP contribution in [0.15, 0.2) is 88.2 Å². The van der Waals surface area contributed by atoms with Gasteiger partial charge in [-0.2, -0.15) is 0 Å². The predicted octanol–water partition coefficient (Wildman–Crippen LogP) is 5.49. The Bertz CT molecular complexity index is 1350. The summed E-state index contributed by atoms with van der Waals surface area (Å²) >= 11 is 9.59. The van der Waals surface area contributed by atoms with Gasteiger partial charge in [-0.25, -0.2) is 8.42 Å². The first-order valence-electron chi connectivity index (χ1n) is 12.1. The first-order valence-corrected chi connectivity index (χ1v) is 14.7. The van der Waals surface area contributed by atoms with Crippen LogP contribution in [0.1, 0.15) is 26.3 Å². The normalized spacial score (nSPS) is 12.2. The van der Waals surface area contributed by atoms with E-state index in [1.165, 1.54) is 23.1 Å². The number of hydrogen-bond donors (Lipinski definition) is 1. The monoisotopic (exact) mass is 619 g/mol. The van der Waals surface area contributed by atoms with E-state index in [1.807, 2.05) is 38.1 Å². The Labute approximate surface area is 238 Å². The van der Waals surface area contributed by atoms with Crippen LogP contribution in [0.3, 0.4) is 0 Å². The molecule has 0 aliphatic carbocycles. The minimum atomic E-state index is -4.12. The zero-order valence-electron chi connectivity index (χ0n) is 21.5. The molecule has 202 valence electrons. The average molecular weight is 621 g/mol. The van der Waals surface area contributed by atoms with Gasteiger partial charge in [0.15, 0.2) is 0 Å². The second kappa shape index (κ2) is 13.3. The molecule has 2 amide bonds. The zero-order valence-corrected chi connectivity index (χ0v) is 24.6. The Morgan fingerprint density at radius 1 is 0.947 bits per heavy atom. The number of halogens is 2. The van der Waals surface area contributed by atoms with E-state index >= 15 is 0 Å². The number of benzene rings is 3. The van der Waals surface area contributed by atoms with Crippen LogP contribution in [0.5, 0.6) is 0 Å². The number of nitrogens with zero attached hydrogens (tertiary/aromatic N) is 2. The smallest absolute Gasteiger partial charge is 0.264 e. The van der Waals surface area contributed by atoms with Gasteiger partial charge in [-0.15, -0.1) is 0 Å². The maximum absolute atomic E-state index is 13.8. The highest BCUT2D eigenvalue weighted by molar-refractivity contribution is 9.10. The zero-order chi connectivity index (χ0) is 27.9. The fraction of sp³-hybridized carbons (Fsp3) is 0.286. The summed E-state index contributed by atoms with van der Waals surface area (Å²) in [6.07, 6.45) is 0. The van der Waals surface area contributed by atoms with Gasteiger partial charge in [-0.05, 0) is 60.9 Å². The number of amides is 2. The fourth-order valence-electron chi connectivity index (χ4n) is 3.70. The molecule has 0 aliphatic heterocycles. The minimum Gasteiger partial charge on any atom is -0.354 e. The van der Waals surface area contributed by atoms with E-state index in [0.717, 1.165) is 14.3 Å². The molecule has 0 heterocycles. The van der Waals surface area contributed by atoms with Crippen LogP contribution >= 0.6 is 27.5 Å². The molecule has 0 bridgehead atoms. The van der Waals surface area contributed by atoms with Crippen molar-refractivity contribution in [2.24, 2.45) is 5.92 Å². The van der Waals surface area contributed by atoms with Gasteiger partial charge in [0.2, 0.25) is 11.8 Å². The van der Waals surface area contributed by atoms with Crippen molar-refractivity contribution in [3.63, 3.8) is 0 Å². The third kappa shape index (κ3) is 7.82. The lowest BCUT2D eigenvalue weighted by Gasteiger charge is -2.32. The third-order valence-corrected chi connectivity index (χ3v) is 8.38. The molecule has 1 N–H and O–H groups in total. The molecule has 0 aliphatic rings. The number of anilines is 1. The number of rotatable bonds is 11. The van der Waals surface area contributed by atoms with E-state index < -0.39 is 28.5 Å². The Morgan fingerprint density at radius 2 is 1.61 bits per heavy atom. The summed E-state index contributed by atoms with van der Waals surface area (Å²) < 4.78 is 29.3. The summed E-state index contributed by atoms with van der Waals surface area (Å²) in [7, 11) is -4.12. The van der Waals surface area contributed by atoms with Gasteiger partial charge < -0.3 is 10.2 Å². The molecule has 0 unspecified atom stereocenters. The molecule has 0 saturated carbocycles. The number of carbonyl (C=O) groups is 2. The van der Waals surface area contributed by atoms with Crippen LogP contribution in [0.25, 0.3) is 0 Å². The second-order valence-electron chi connectivity index (χ2n) is 9.27. The van der Waals surface area contributed by atoms with Crippen molar-refractivity contribution >= 4 is 55.1 Å². The average Bonchev–Trinajstić information content (AvgIpc) is 2.89. The lowest BCUT2D eigenvalue weighted by Crippen LogP contribution is -2.51. The van der Waals surface area contributed by atoms with Gasteiger partial charge in [0.25, 0.3) is 10.0 Å². The summed E-state index contributed by atoms with van der Waals surface area (Å²) in [6, 6.07) is 20.8. The molecule has 0 aromatic heterocycles. The van der Waals surface area contributed by atoms with Crippen LogP contribution in [-0.2, 0) is 26.2 Å². The number of hydrogen-bond acceptors (Lipinski definition) is 4. The van der Waals surface area contributed by atoms with Crippen molar-refractivity contribution in [2.75, 3.05) is 17.4 Å². The van der Waals surface area contributed by atoms with Crippen LogP contribution in [-0.4, -0.2) is 44.3 Å². The predicted molar refractivity (Wildman–Crippen MR) is 154 cm³/mol. The molecule has 7 nitrogen and oxygen atoms in total. The lowest BCUT2D eigenvalue weighted by molar-refractivity contribution is -0.139. The van der Waals surface area contributed by atoms with Crippen LogP contribution in [0.2, 0.25) is 5.02 Å². The molecule has 0 radical (unpaired) electrons. The van der Waals surface area contributed by atoms with Gasteiger partial charge >= 0.3 is 0 Å². The number of sulfonamides is 1. The first-order chi connectivity index (χ1) is 18.0. The number of carbonyl (C=O) groups excluding carboxylic acids is 2. The molecule has 10 heteroatoms. The molecule has 0 saturated heterocycles. The highest BCUT2D eigenvalue weighted by Gasteiger charge is 2.32. The van der Waals surface area contributed by atoms with Gasteiger partial charge in [0.1, 0.15) is 12.6 Å². The van der Waals surface area contributed by atoms with Crippen molar-refractivity contribution in [3.05, 3.63) is 93.9 Å². The summed E-state index contributed by atoms with van der Waals surface area (Å²) in [4.78, 5) is 28.3. The molecular formula is C28H31BrClN3O4S. The van der Waals surface area contributed by atoms with Crippen molar-refractivity contribution < 1.29 is 18.0 Å². The lowest BCUT2D eigenvalue weighted by atomic mass is 10.1. The molecule has 3 aromatic carbocycles. The fourth-order valence-corrected chi connectivity index (χ4v) is 5.58. The molecule has 38 heavy (non-hydrogen) atoms. The van der Waals surface area contributed by atoms with Crippen LogP contribution in [0, 0.1) is 5.92 Å². The molecule has 3 rings (SSSR count). The van der Waals surface area contributed by atoms with Crippen LogP contribution < -0.4 is 9.62 Å². The summed E-state index contributed by atoms with van der Waals surface area (Å²) in [5.41, 5.74) is 1.04. The van der Waals surface area contributed by atoms with Gasteiger partial charge in [-0.3, -0.25) is 13.9 Å². The van der Waals surface area contributed by atoms with Crippen molar-refractivity contribution in [1.82, 2.24) is 10.2 Å². The van der Waals surface area contributed by atoms with Gasteiger partial charge in [0.05, 0.1) is 10.6 Å². The van der Waals surface area contributed by atoms with E-state index in [9.17, 15) is 18.0 Å². The van der Waals surface area contributed by atoms with Crippen molar-refractivity contribution in [1.29, 1.82) is 0 Å². The van der Waals surface area contributed by atoms with Crippen molar-refractivity contribution in [2.45, 2.75) is 38.3 Å². The Morgan fingerprint density at radius 3 is 2.21 bits per heavy atom. The topological polar surface area (TPSA) is 86.8 Å². The Balaban J connectivity index is 1.99. The van der Waals surface area contributed by atoms with Gasteiger partial charge in [-0.1, -0.05) is 77.8 Å². The maximum atomic E-state index is 13.8. The molecule has 1 atom stereocenters. The third-order valence-electron chi connectivity index (χ3n) is 5.82. The molecule has 0 fully saturated rings. The standard InChI is InChI=1S/C28H31BrClN3O4S/c1-20(2)17-31-28(35)21(3)32(18-22-12-14-23(29)15-13-22)27(34)19-33(25-9-7-8-24(30)16-25)38(36,37)26-10-5-4-6-11-26/h4-16,20-21H,17-19H2,1-3H3,(H,31,35)/t21-/m0/s1.